The monoisotopic (exact) mass is 445 g/mol. The molecule has 0 aliphatic carbocycles. The average Bonchev–Trinajstić information content (AvgIpc) is 2.75. The summed E-state index contributed by atoms with van der Waals surface area (Å²) >= 11 is 11.7. The minimum atomic E-state index is -0.475. The van der Waals surface area contributed by atoms with Crippen LogP contribution in [0.2, 0.25) is 5.02 Å². The molecule has 0 radical (unpaired) electrons. The number of allylic oxidation sites excluding steroid dienone is 1. The van der Waals surface area contributed by atoms with Crippen molar-refractivity contribution in [3.05, 3.63) is 76.2 Å². The molecule has 156 valence electrons. The number of hydrogen-bond acceptors (Lipinski definition) is 3. The summed E-state index contributed by atoms with van der Waals surface area (Å²) in [5.74, 6) is -0.416. The molecule has 0 saturated carbocycles. The van der Waals surface area contributed by atoms with Crippen molar-refractivity contribution < 1.29 is 13.9 Å². The Morgan fingerprint density at radius 3 is 2.40 bits per heavy atom. The number of thiocarbonyl (C=S) groups is 1. The maximum Gasteiger partial charge on any atom is 0.254 e. The van der Waals surface area contributed by atoms with Crippen LogP contribution in [-0.4, -0.2) is 42.2 Å². The first kappa shape index (κ1) is 20.8. The zero-order valence-corrected chi connectivity index (χ0v) is 18.0. The molecule has 1 atom stereocenters. The third kappa shape index (κ3) is 4.05. The van der Waals surface area contributed by atoms with Gasteiger partial charge in [0.2, 0.25) is 0 Å². The highest BCUT2D eigenvalue weighted by Gasteiger charge is 2.36. The van der Waals surface area contributed by atoms with Gasteiger partial charge in [0.1, 0.15) is 5.82 Å². The van der Waals surface area contributed by atoms with Gasteiger partial charge in [0.05, 0.1) is 24.8 Å². The maximum atomic E-state index is 13.6. The first-order valence-corrected chi connectivity index (χ1v) is 10.4. The van der Waals surface area contributed by atoms with Crippen LogP contribution < -0.4 is 10.2 Å². The summed E-state index contributed by atoms with van der Waals surface area (Å²) in [6, 6.07) is 12.9. The van der Waals surface area contributed by atoms with E-state index in [9.17, 15) is 9.18 Å². The Bertz CT molecular complexity index is 988. The van der Waals surface area contributed by atoms with E-state index in [1.54, 1.807) is 29.2 Å². The molecule has 4 rings (SSSR count). The van der Waals surface area contributed by atoms with Gasteiger partial charge in [-0.1, -0.05) is 23.7 Å². The van der Waals surface area contributed by atoms with Crippen molar-refractivity contribution in [2.45, 2.75) is 13.0 Å². The van der Waals surface area contributed by atoms with Gasteiger partial charge < -0.3 is 15.0 Å². The number of hydrogen-bond donors (Lipinski definition) is 1. The van der Waals surface area contributed by atoms with E-state index in [1.165, 1.54) is 12.1 Å². The van der Waals surface area contributed by atoms with E-state index in [0.717, 1.165) is 16.9 Å². The second-order valence-electron chi connectivity index (χ2n) is 7.15. The molecule has 0 bridgehead atoms. The molecule has 1 N–H and O–H groups in total. The van der Waals surface area contributed by atoms with Gasteiger partial charge >= 0.3 is 0 Å². The van der Waals surface area contributed by atoms with Crippen LogP contribution in [0.3, 0.4) is 0 Å². The number of rotatable bonds is 3. The second-order valence-corrected chi connectivity index (χ2v) is 7.97. The van der Waals surface area contributed by atoms with E-state index >= 15 is 0 Å². The zero-order valence-electron chi connectivity index (χ0n) is 16.4. The van der Waals surface area contributed by atoms with Crippen LogP contribution in [0.1, 0.15) is 18.5 Å². The van der Waals surface area contributed by atoms with Crippen LogP contribution in [0.15, 0.2) is 59.8 Å². The molecule has 2 aliphatic rings. The average molecular weight is 446 g/mol. The Hall–Kier alpha value is -2.48. The lowest BCUT2D eigenvalue weighted by atomic mass is 9.93. The maximum absolute atomic E-state index is 13.6. The molecule has 2 aromatic carbocycles. The summed E-state index contributed by atoms with van der Waals surface area (Å²) in [6.07, 6.45) is 0. The molecule has 5 nitrogen and oxygen atoms in total. The van der Waals surface area contributed by atoms with Gasteiger partial charge in [0.25, 0.3) is 5.91 Å². The van der Waals surface area contributed by atoms with Gasteiger partial charge in [-0.3, -0.25) is 9.69 Å². The van der Waals surface area contributed by atoms with E-state index in [4.69, 9.17) is 28.6 Å². The van der Waals surface area contributed by atoms with Crippen LogP contribution in [0, 0.1) is 5.82 Å². The second kappa shape index (κ2) is 8.71. The Morgan fingerprint density at radius 1 is 1.13 bits per heavy atom. The molecular formula is C22H21ClFN3O2S. The zero-order chi connectivity index (χ0) is 21.3. The lowest BCUT2D eigenvalue weighted by Crippen LogP contribution is -2.51. The van der Waals surface area contributed by atoms with Crippen LogP contribution in [0.5, 0.6) is 0 Å². The summed E-state index contributed by atoms with van der Waals surface area (Å²) in [5, 5.41) is 4.36. The van der Waals surface area contributed by atoms with E-state index in [1.807, 2.05) is 24.0 Å². The molecule has 1 amide bonds. The van der Waals surface area contributed by atoms with Gasteiger partial charge in [0.15, 0.2) is 5.11 Å². The number of benzene rings is 2. The topological polar surface area (TPSA) is 44.8 Å². The van der Waals surface area contributed by atoms with Crippen molar-refractivity contribution in [3.63, 3.8) is 0 Å². The van der Waals surface area contributed by atoms with Crippen molar-refractivity contribution in [1.29, 1.82) is 0 Å². The standard InChI is InChI=1S/C22H21ClFN3O2S/c1-14-19(21(28)26-10-12-29-13-11-26)20(15-2-6-17(24)7-3-15)25-22(30)27(14)18-8-4-16(23)5-9-18/h2-9,20H,10-13H2,1H3,(H,25,30). The third-order valence-electron chi connectivity index (χ3n) is 5.30. The van der Waals surface area contributed by atoms with E-state index in [2.05, 4.69) is 5.32 Å². The largest absolute Gasteiger partial charge is 0.378 e. The molecular weight excluding hydrogens is 425 g/mol. The van der Waals surface area contributed by atoms with Crippen LogP contribution in [0.4, 0.5) is 10.1 Å². The number of carbonyl (C=O) groups is 1. The van der Waals surface area contributed by atoms with E-state index in [0.29, 0.717) is 42.0 Å². The van der Waals surface area contributed by atoms with E-state index < -0.39 is 6.04 Å². The first-order chi connectivity index (χ1) is 14.5. The number of nitrogens with zero attached hydrogens (tertiary/aromatic N) is 2. The van der Waals surface area contributed by atoms with Crippen LogP contribution in [-0.2, 0) is 9.53 Å². The van der Waals surface area contributed by atoms with Gasteiger partial charge in [-0.2, -0.15) is 0 Å². The number of halogens is 2. The summed E-state index contributed by atoms with van der Waals surface area (Å²) in [5.41, 5.74) is 2.88. The molecule has 1 unspecified atom stereocenters. The van der Waals surface area contributed by atoms with Crippen molar-refractivity contribution in [1.82, 2.24) is 10.2 Å². The molecule has 2 aromatic rings. The van der Waals surface area contributed by atoms with Crippen molar-refractivity contribution >= 4 is 40.5 Å². The Morgan fingerprint density at radius 2 is 1.77 bits per heavy atom. The summed E-state index contributed by atoms with van der Waals surface area (Å²) in [6.45, 7) is 3.94. The molecule has 2 aliphatic heterocycles. The first-order valence-electron chi connectivity index (χ1n) is 9.65. The van der Waals surface area contributed by atoms with Crippen LogP contribution in [0.25, 0.3) is 0 Å². The number of nitrogens with one attached hydrogen (secondary N) is 1. The van der Waals surface area contributed by atoms with Gasteiger partial charge in [-0.05, 0) is 61.1 Å². The molecule has 1 saturated heterocycles. The fourth-order valence-electron chi connectivity index (χ4n) is 3.76. The van der Waals surface area contributed by atoms with Gasteiger partial charge in [-0.25, -0.2) is 4.39 Å². The summed E-state index contributed by atoms with van der Waals surface area (Å²) in [4.78, 5) is 17.2. The lowest BCUT2D eigenvalue weighted by Gasteiger charge is -2.40. The smallest absolute Gasteiger partial charge is 0.254 e. The Balaban J connectivity index is 1.80. The quantitative estimate of drug-likeness (QED) is 0.722. The molecule has 30 heavy (non-hydrogen) atoms. The predicted molar refractivity (Wildman–Crippen MR) is 119 cm³/mol. The van der Waals surface area contributed by atoms with E-state index in [-0.39, 0.29) is 11.7 Å². The lowest BCUT2D eigenvalue weighted by molar-refractivity contribution is -0.131. The number of ether oxygens (including phenoxy) is 1. The highest BCUT2D eigenvalue weighted by Crippen LogP contribution is 2.35. The SMILES string of the molecule is CC1=C(C(=O)N2CCOCC2)C(c2ccc(F)cc2)NC(=S)N1c1ccc(Cl)cc1. The normalized spacial score (nSPS) is 19.7. The predicted octanol–water partition coefficient (Wildman–Crippen LogP) is 4.05. The third-order valence-corrected chi connectivity index (χ3v) is 5.85. The minimum absolute atomic E-state index is 0.0842. The number of morpholine rings is 1. The van der Waals surface area contributed by atoms with Crippen molar-refractivity contribution in [3.8, 4) is 0 Å². The van der Waals surface area contributed by atoms with Gasteiger partial charge in [-0.15, -0.1) is 0 Å². The highest BCUT2D eigenvalue weighted by molar-refractivity contribution is 7.80. The Kier molecular flexibility index (Phi) is 6.04. The van der Waals surface area contributed by atoms with Gasteiger partial charge in [0, 0.05) is 29.5 Å². The molecule has 2 heterocycles. The fraction of sp³-hybridized carbons (Fsp3) is 0.273. The Labute approximate surface area is 185 Å². The molecule has 0 aromatic heterocycles. The number of amides is 1. The molecule has 8 heteroatoms. The van der Waals surface area contributed by atoms with Crippen molar-refractivity contribution in [2.75, 3.05) is 31.2 Å². The molecule has 0 spiro atoms. The molecule has 1 fully saturated rings. The number of anilines is 1. The summed E-state index contributed by atoms with van der Waals surface area (Å²) in [7, 11) is 0. The summed E-state index contributed by atoms with van der Waals surface area (Å²) < 4.78 is 18.9. The highest BCUT2D eigenvalue weighted by atomic mass is 35.5. The van der Waals surface area contributed by atoms with Crippen LogP contribution >= 0.6 is 23.8 Å². The fourth-order valence-corrected chi connectivity index (χ4v) is 4.25. The number of carbonyl (C=O) groups excluding carboxylic acids is 1. The van der Waals surface area contributed by atoms with Crippen molar-refractivity contribution in [2.24, 2.45) is 0 Å². The minimum Gasteiger partial charge on any atom is -0.378 e.